The van der Waals surface area contributed by atoms with E-state index < -0.39 is 5.97 Å². The normalized spacial score (nSPS) is 11.4. The SMILES string of the molecule is C/C(=C/C(=O)O)CNCCc1ccccn1. The van der Waals surface area contributed by atoms with Crippen molar-refractivity contribution in [1.29, 1.82) is 0 Å². The molecule has 0 saturated carbocycles. The van der Waals surface area contributed by atoms with E-state index in [1.165, 1.54) is 6.08 Å². The molecular weight excluding hydrogens is 204 g/mol. The molecule has 1 heterocycles. The summed E-state index contributed by atoms with van der Waals surface area (Å²) in [4.78, 5) is 14.5. The van der Waals surface area contributed by atoms with Gasteiger partial charge >= 0.3 is 5.97 Å². The van der Waals surface area contributed by atoms with Crippen LogP contribution in [0.15, 0.2) is 36.0 Å². The fraction of sp³-hybridized carbons (Fsp3) is 0.333. The molecule has 0 aromatic carbocycles. The van der Waals surface area contributed by atoms with Crippen molar-refractivity contribution in [2.45, 2.75) is 13.3 Å². The highest BCUT2D eigenvalue weighted by Crippen LogP contribution is 1.94. The van der Waals surface area contributed by atoms with Gasteiger partial charge in [-0.05, 0) is 19.1 Å². The average Bonchev–Trinajstić information content (AvgIpc) is 2.25. The smallest absolute Gasteiger partial charge is 0.328 e. The Hall–Kier alpha value is -1.68. The van der Waals surface area contributed by atoms with Crippen LogP contribution in [-0.2, 0) is 11.2 Å². The second-order valence-corrected chi connectivity index (χ2v) is 3.58. The molecule has 0 saturated heterocycles. The molecule has 1 rings (SSSR count). The summed E-state index contributed by atoms with van der Waals surface area (Å²) < 4.78 is 0. The third-order valence-corrected chi connectivity index (χ3v) is 2.06. The van der Waals surface area contributed by atoms with Crippen LogP contribution < -0.4 is 5.32 Å². The summed E-state index contributed by atoms with van der Waals surface area (Å²) in [5, 5.41) is 11.7. The van der Waals surface area contributed by atoms with Crippen LogP contribution >= 0.6 is 0 Å². The molecule has 4 nitrogen and oxygen atoms in total. The predicted molar refractivity (Wildman–Crippen MR) is 62.2 cm³/mol. The third-order valence-electron chi connectivity index (χ3n) is 2.06. The number of pyridine rings is 1. The van der Waals surface area contributed by atoms with Crippen molar-refractivity contribution >= 4 is 5.97 Å². The molecular formula is C12H16N2O2. The number of hydrogen-bond donors (Lipinski definition) is 2. The van der Waals surface area contributed by atoms with Gasteiger partial charge in [-0.25, -0.2) is 4.79 Å². The Morgan fingerprint density at radius 3 is 3.00 bits per heavy atom. The first-order chi connectivity index (χ1) is 7.68. The Bertz CT molecular complexity index is 361. The molecule has 0 spiro atoms. The highest BCUT2D eigenvalue weighted by atomic mass is 16.4. The van der Waals surface area contributed by atoms with Gasteiger partial charge in [0.1, 0.15) is 0 Å². The van der Waals surface area contributed by atoms with E-state index in [2.05, 4.69) is 10.3 Å². The average molecular weight is 220 g/mol. The Balaban J connectivity index is 2.20. The summed E-state index contributed by atoms with van der Waals surface area (Å²) in [6, 6.07) is 5.82. The first-order valence-corrected chi connectivity index (χ1v) is 5.19. The van der Waals surface area contributed by atoms with E-state index in [4.69, 9.17) is 5.11 Å². The van der Waals surface area contributed by atoms with Crippen molar-refractivity contribution < 1.29 is 9.90 Å². The predicted octanol–water partition coefficient (Wildman–Crippen LogP) is 1.24. The first-order valence-electron chi connectivity index (χ1n) is 5.19. The minimum Gasteiger partial charge on any atom is -0.478 e. The van der Waals surface area contributed by atoms with Crippen molar-refractivity contribution in [2.75, 3.05) is 13.1 Å². The van der Waals surface area contributed by atoms with Gasteiger partial charge in [-0.15, -0.1) is 0 Å². The summed E-state index contributed by atoms with van der Waals surface area (Å²) in [7, 11) is 0. The fourth-order valence-corrected chi connectivity index (χ4v) is 1.31. The van der Waals surface area contributed by atoms with Crippen molar-refractivity contribution in [1.82, 2.24) is 10.3 Å². The van der Waals surface area contributed by atoms with Gasteiger partial charge in [0, 0.05) is 37.5 Å². The molecule has 0 aliphatic rings. The van der Waals surface area contributed by atoms with Gasteiger partial charge in [0.25, 0.3) is 0 Å². The molecule has 0 aliphatic carbocycles. The number of carboxylic acid groups (broad SMARTS) is 1. The van der Waals surface area contributed by atoms with Crippen molar-refractivity contribution in [3.05, 3.63) is 41.7 Å². The molecule has 1 aromatic heterocycles. The molecule has 1 aromatic rings. The minimum absolute atomic E-state index is 0.596. The zero-order chi connectivity index (χ0) is 11.8. The molecule has 0 amide bonds. The van der Waals surface area contributed by atoms with Crippen LogP contribution in [0.5, 0.6) is 0 Å². The monoisotopic (exact) mass is 220 g/mol. The molecule has 0 atom stereocenters. The molecule has 0 bridgehead atoms. The van der Waals surface area contributed by atoms with Crippen LogP contribution in [0.1, 0.15) is 12.6 Å². The minimum atomic E-state index is -0.899. The lowest BCUT2D eigenvalue weighted by Gasteiger charge is -2.04. The summed E-state index contributed by atoms with van der Waals surface area (Å²) in [6.45, 7) is 3.18. The molecule has 2 N–H and O–H groups in total. The summed E-state index contributed by atoms with van der Waals surface area (Å²) in [5.74, 6) is -0.899. The Kier molecular flexibility index (Phi) is 5.22. The summed E-state index contributed by atoms with van der Waals surface area (Å²) >= 11 is 0. The van der Waals surface area contributed by atoms with E-state index in [1.807, 2.05) is 18.2 Å². The lowest BCUT2D eigenvalue weighted by Crippen LogP contribution is -2.20. The van der Waals surface area contributed by atoms with E-state index in [0.29, 0.717) is 6.54 Å². The molecule has 0 radical (unpaired) electrons. The molecule has 0 fully saturated rings. The van der Waals surface area contributed by atoms with Gasteiger partial charge in [0.2, 0.25) is 0 Å². The van der Waals surface area contributed by atoms with Gasteiger partial charge in [-0.1, -0.05) is 11.6 Å². The second kappa shape index (κ2) is 6.74. The second-order valence-electron chi connectivity index (χ2n) is 3.58. The number of nitrogens with zero attached hydrogens (tertiary/aromatic N) is 1. The van der Waals surface area contributed by atoms with Crippen molar-refractivity contribution in [3.8, 4) is 0 Å². The zero-order valence-corrected chi connectivity index (χ0v) is 9.31. The van der Waals surface area contributed by atoms with Crippen molar-refractivity contribution in [2.24, 2.45) is 0 Å². The topological polar surface area (TPSA) is 62.2 Å². The maximum absolute atomic E-state index is 10.3. The van der Waals surface area contributed by atoms with Crippen LogP contribution in [0, 0.1) is 0 Å². The van der Waals surface area contributed by atoms with Crippen LogP contribution in [-0.4, -0.2) is 29.1 Å². The van der Waals surface area contributed by atoms with E-state index in [0.717, 1.165) is 24.2 Å². The van der Waals surface area contributed by atoms with Gasteiger partial charge in [0.05, 0.1) is 0 Å². The highest BCUT2D eigenvalue weighted by Gasteiger charge is 1.95. The lowest BCUT2D eigenvalue weighted by molar-refractivity contribution is -0.131. The van der Waals surface area contributed by atoms with E-state index >= 15 is 0 Å². The van der Waals surface area contributed by atoms with Crippen LogP contribution in [0.25, 0.3) is 0 Å². The van der Waals surface area contributed by atoms with Crippen LogP contribution in [0.4, 0.5) is 0 Å². The number of nitrogens with one attached hydrogen (secondary N) is 1. The zero-order valence-electron chi connectivity index (χ0n) is 9.31. The standard InChI is InChI=1S/C12H16N2O2/c1-10(8-12(15)16)9-13-7-5-11-4-2-3-6-14-11/h2-4,6,8,13H,5,7,9H2,1H3,(H,15,16)/b10-8-. The van der Waals surface area contributed by atoms with Crippen LogP contribution in [0.2, 0.25) is 0 Å². The number of rotatable bonds is 6. The third kappa shape index (κ3) is 5.26. The van der Waals surface area contributed by atoms with Crippen molar-refractivity contribution in [3.63, 3.8) is 0 Å². The van der Waals surface area contributed by atoms with Gasteiger partial charge in [0.15, 0.2) is 0 Å². The number of aromatic nitrogens is 1. The number of hydrogen-bond acceptors (Lipinski definition) is 3. The number of carbonyl (C=O) groups is 1. The van der Waals surface area contributed by atoms with Gasteiger partial charge in [-0.3, -0.25) is 4.98 Å². The van der Waals surface area contributed by atoms with Crippen LogP contribution in [0.3, 0.4) is 0 Å². The molecule has 4 heteroatoms. The van der Waals surface area contributed by atoms with E-state index in [9.17, 15) is 4.79 Å². The Labute approximate surface area is 95.0 Å². The van der Waals surface area contributed by atoms with Gasteiger partial charge in [-0.2, -0.15) is 0 Å². The first kappa shape index (κ1) is 12.4. The summed E-state index contributed by atoms with van der Waals surface area (Å²) in [5.41, 5.74) is 1.85. The Morgan fingerprint density at radius 1 is 1.56 bits per heavy atom. The maximum Gasteiger partial charge on any atom is 0.328 e. The molecule has 16 heavy (non-hydrogen) atoms. The highest BCUT2D eigenvalue weighted by molar-refractivity contribution is 5.80. The molecule has 0 unspecified atom stereocenters. The Morgan fingerprint density at radius 2 is 2.38 bits per heavy atom. The molecule has 86 valence electrons. The van der Waals surface area contributed by atoms with Gasteiger partial charge < -0.3 is 10.4 Å². The maximum atomic E-state index is 10.3. The quantitative estimate of drug-likeness (QED) is 0.559. The lowest BCUT2D eigenvalue weighted by atomic mass is 10.2. The number of aliphatic carboxylic acids is 1. The molecule has 0 aliphatic heterocycles. The largest absolute Gasteiger partial charge is 0.478 e. The summed E-state index contributed by atoms with van der Waals surface area (Å²) in [6.07, 6.45) is 3.83. The van der Waals surface area contributed by atoms with E-state index in [-0.39, 0.29) is 0 Å². The van der Waals surface area contributed by atoms with E-state index in [1.54, 1.807) is 13.1 Å². The number of carboxylic acids is 1. The fourth-order valence-electron chi connectivity index (χ4n) is 1.31.